The lowest BCUT2D eigenvalue weighted by molar-refractivity contribution is -0.141. The minimum Gasteiger partial charge on any atom is -0.497 e. The van der Waals surface area contributed by atoms with E-state index < -0.39 is 6.04 Å². The molecule has 0 radical (unpaired) electrons. The SMILES string of the molecule is CCNC(=O)[C@H](Cc1ccccc1)N(Cc1ccc(Cl)c(Cl)c1)C(=O)CCCOc1ccc(OC)cc1. The van der Waals surface area contributed by atoms with Crippen LogP contribution in [-0.2, 0) is 22.6 Å². The number of halogens is 2. The molecule has 0 spiro atoms. The Morgan fingerprint density at radius 1 is 0.919 bits per heavy atom. The lowest BCUT2D eigenvalue weighted by atomic mass is 10.0. The molecule has 3 rings (SSSR count). The van der Waals surface area contributed by atoms with Crippen LogP contribution in [0.25, 0.3) is 0 Å². The second-order valence-corrected chi connectivity index (χ2v) is 9.31. The van der Waals surface area contributed by atoms with E-state index in [-0.39, 0.29) is 24.8 Å². The molecule has 8 heteroatoms. The van der Waals surface area contributed by atoms with Gasteiger partial charge in [0, 0.05) is 25.9 Å². The molecule has 0 bridgehead atoms. The van der Waals surface area contributed by atoms with Gasteiger partial charge in [-0.25, -0.2) is 0 Å². The fourth-order valence-electron chi connectivity index (χ4n) is 3.91. The van der Waals surface area contributed by atoms with Crippen molar-refractivity contribution in [2.75, 3.05) is 20.3 Å². The predicted octanol–water partition coefficient (Wildman–Crippen LogP) is 5.94. The summed E-state index contributed by atoms with van der Waals surface area (Å²) in [5.74, 6) is 1.10. The molecule has 0 fully saturated rings. The fraction of sp³-hybridized carbons (Fsp3) is 0.310. The average molecular weight is 543 g/mol. The van der Waals surface area contributed by atoms with Crippen LogP contribution < -0.4 is 14.8 Å². The summed E-state index contributed by atoms with van der Waals surface area (Å²) in [4.78, 5) is 28.4. The topological polar surface area (TPSA) is 67.9 Å². The molecule has 196 valence electrons. The molecule has 0 saturated carbocycles. The van der Waals surface area contributed by atoms with Gasteiger partial charge in [0.15, 0.2) is 0 Å². The number of benzene rings is 3. The second-order valence-electron chi connectivity index (χ2n) is 8.50. The number of carbonyl (C=O) groups excluding carboxylic acids is 2. The third-order valence-electron chi connectivity index (χ3n) is 5.82. The average Bonchev–Trinajstić information content (AvgIpc) is 2.91. The standard InChI is InChI=1S/C29H32Cl2N2O4/c1-3-32-29(35)27(19-21-8-5-4-6-9-21)33(20-22-11-16-25(30)26(31)18-22)28(34)10-7-17-37-24-14-12-23(36-2)13-15-24/h4-6,8-9,11-16,18,27H,3,7,10,17,19-20H2,1-2H3,(H,32,35)/t27-/m0/s1. The van der Waals surface area contributed by atoms with Crippen LogP contribution in [0.2, 0.25) is 10.0 Å². The van der Waals surface area contributed by atoms with E-state index in [1.807, 2.05) is 67.6 Å². The molecule has 2 amide bonds. The van der Waals surface area contributed by atoms with Gasteiger partial charge in [0.05, 0.1) is 23.8 Å². The molecule has 1 N–H and O–H groups in total. The highest BCUT2D eigenvalue weighted by atomic mass is 35.5. The summed E-state index contributed by atoms with van der Waals surface area (Å²) in [6.45, 7) is 2.92. The Hall–Kier alpha value is -3.22. The zero-order chi connectivity index (χ0) is 26.6. The number of likely N-dealkylation sites (N-methyl/N-ethyl adjacent to an activating group) is 1. The summed E-state index contributed by atoms with van der Waals surface area (Å²) in [5.41, 5.74) is 1.76. The van der Waals surface area contributed by atoms with E-state index in [0.717, 1.165) is 16.9 Å². The van der Waals surface area contributed by atoms with Gasteiger partial charge in [-0.3, -0.25) is 9.59 Å². The molecule has 0 heterocycles. The van der Waals surface area contributed by atoms with Gasteiger partial charge in [0.2, 0.25) is 11.8 Å². The van der Waals surface area contributed by atoms with E-state index >= 15 is 0 Å². The smallest absolute Gasteiger partial charge is 0.243 e. The van der Waals surface area contributed by atoms with Crippen molar-refractivity contribution in [2.24, 2.45) is 0 Å². The van der Waals surface area contributed by atoms with Crippen LogP contribution >= 0.6 is 23.2 Å². The van der Waals surface area contributed by atoms with Crippen molar-refractivity contribution in [1.29, 1.82) is 0 Å². The summed E-state index contributed by atoms with van der Waals surface area (Å²) in [7, 11) is 1.61. The predicted molar refractivity (Wildman–Crippen MR) is 147 cm³/mol. The Bertz CT molecular complexity index is 1160. The number of nitrogens with zero attached hydrogens (tertiary/aromatic N) is 1. The van der Waals surface area contributed by atoms with Gasteiger partial charge in [-0.05, 0) is 60.9 Å². The zero-order valence-corrected chi connectivity index (χ0v) is 22.6. The third kappa shape index (κ3) is 8.69. The maximum Gasteiger partial charge on any atom is 0.243 e. The first-order valence-corrected chi connectivity index (χ1v) is 13.0. The first-order chi connectivity index (χ1) is 17.9. The first kappa shape index (κ1) is 28.4. The van der Waals surface area contributed by atoms with Crippen molar-refractivity contribution >= 4 is 35.0 Å². The number of methoxy groups -OCH3 is 1. The van der Waals surface area contributed by atoms with Gasteiger partial charge in [-0.2, -0.15) is 0 Å². The Labute approximate surface area is 228 Å². The van der Waals surface area contributed by atoms with E-state index in [0.29, 0.717) is 41.8 Å². The van der Waals surface area contributed by atoms with Gasteiger partial charge in [0.1, 0.15) is 17.5 Å². The Morgan fingerprint density at radius 3 is 2.27 bits per heavy atom. The lowest BCUT2D eigenvalue weighted by Crippen LogP contribution is -2.50. The Morgan fingerprint density at radius 2 is 1.62 bits per heavy atom. The molecule has 6 nitrogen and oxygen atoms in total. The summed E-state index contributed by atoms with van der Waals surface area (Å²) in [6, 6.07) is 21.5. The number of hydrogen-bond donors (Lipinski definition) is 1. The number of hydrogen-bond acceptors (Lipinski definition) is 4. The van der Waals surface area contributed by atoms with Crippen molar-refractivity contribution in [3.05, 3.63) is 94.0 Å². The van der Waals surface area contributed by atoms with Crippen molar-refractivity contribution in [2.45, 2.75) is 38.8 Å². The number of ether oxygens (including phenoxy) is 2. The molecule has 0 aromatic heterocycles. The quantitative estimate of drug-likeness (QED) is 0.271. The van der Waals surface area contributed by atoms with Crippen LogP contribution in [0.15, 0.2) is 72.8 Å². The van der Waals surface area contributed by atoms with Gasteiger partial charge in [0.25, 0.3) is 0 Å². The normalized spacial score (nSPS) is 11.5. The van der Waals surface area contributed by atoms with E-state index in [1.165, 1.54) is 0 Å². The second kappa shape index (κ2) is 14.5. The molecule has 3 aromatic carbocycles. The lowest BCUT2D eigenvalue weighted by Gasteiger charge is -2.31. The van der Waals surface area contributed by atoms with Gasteiger partial charge >= 0.3 is 0 Å². The molecule has 0 saturated heterocycles. The van der Waals surface area contributed by atoms with Gasteiger partial charge in [-0.1, -0.05) is 59.6 Å². The summed E-state index contributed by atoms with van der Waals surface area (Å²) in [6.07, 6.45) is 1.11. The molecule has 0 unspecified atom stereocenters. The van der Waals surface area contributed by atoms with E-state index in [1.54, 1.807) is 24.1 Å². The first-order valence-electron chi connectivity index (χ1n) is 12.2. The van der Waals surface area contributed by atoms with Gasteiger partial charge < -0.3 is 19.7 Å². The van der Waals surface area contributed by atoms with Crippen LogP contribution in [0.3, 0.4) is 0 Å². The molecule has 3 aromatic rings. The third-order valence-corrected chi connectivity index (χ3v) is 6.56. The molecule has 37 heavy (non-hydrogen) atoms. The number of carbonyl (C=O) groups is 2. The Balaban J connectivity index is 1.76. The molecule has 1 atom stereocenters. The minimum absolute atomic E-state index is 0.142. The largest absolute Gasteiger partial charge is 0.497 e. The fourth-order valence-corrected chi connectivity index (χ4v) is 4.23. The van der Waals surface area contributed by atoms with Gasteiger partial charge in [-0.15, -0.1) is 0 Å². The van der Waals surface area contributed by atoms with Crippen LogP contribution in [0.1, 0.15) is 30.9 Å². The molecule has 0 aliphatic rings. The highest BCUT2D eigenvalue weighted by molar-refractivity contribution is 6.42. The van der Waals surface area contributed by atoms with Crippen molar-refractivity contribution < 1.29 is 19.1 Å². The van der Waals surface area contributed by atoms with E-state index in [4.69, 9.17) is 32.7 Å². The van der Waals surface area contributed by atoms with Crippen LogP contribution in [0.5, 0.6) is 11.5 Å². The zero-order valence-electron chi connectivity index (χ0n) is 21.1. The van der Waals surface area contributed by atoms with Crippen molar-refractivity contribution in [3.8, 4) is 11.5 Å². The van der Waals surface area contributed by atoms with E-state index in [2.05, 4.69) is 5.32 Å². The summed E-state index contributed by atoms with van der Waals surface area (Å²) >= 11 is 12.3. The van der Waals surface area contributed by atoms with Crippen LogP contribution in [0, 0.1) is 0 Å². The van der Waals surface area contributed by atoms with Crippen molar-refractivity contribution in [1.82, 2.24) is 10.2 Å². The van der Waals surface area contributed by atoms with Crippen LogP contribution in [0.4, 0.5) is 0 Å². The summed E-state index contributed by atoms with van der Waals surface area (Å²) in [5, 5.41) is 3.72. The maximum atomic E-state index is 13.5. The van der Waals surface area contributed by atoms with Crippen molar-refractivity contribution in [3.63, 3.8) is 0 Å². The van der Waals surface area contributed by atoms with E-state index in [9.17, 15) is 9.59 Å². The molecule has 0 aliphatic heterocycles. The number of amides is 2. The molecular formula is C29H32Cl2N2O4. The molecule has 0 aliphatic carbocycles. The summed E-state index contributed by atoms with van der Waals surface area (Å²) < 4.78 is 11.0. The Kier molecular flexibility index (Phi) is 11.1. The molecular weight excluding hydrogens is 511 g/mol. The maximum absolute atomic E-state index is 13.5. The minimum atomic E-state index is -0.688. The highest BCUT2D eigenvalue weighted by Gasteiger charge is 2.30. The highest BCUT2D eigenvalue weighted by Crippen LogP contribution is 2.25. The number of rotatable bonds is 13. The van der Waals surface area contributed by atoms with Crippen LogP contribution in [-0.4, -0.2) is 43.0 Å². The monoisotopic (exact) mass is 542 g/mol. The number of nitrogens with one attached hydrogen (secondary N) is 1.